The van der Waals surface area contributed by atoms with Gasteiger partial charge < -0.3 is 25.4 Å². The monoisotopic (exact) mass is 537 g/mol. The summed E-state index contributed by atoms with van der Waals surface area (Å²) in [5, 5.41) is 7.58. The van der Waals surface area contributed by atoms with Gasteiger partial charge in [0.05, 0.1) is 6.61 Å². The molecule has 0 spiro atoms. The van der Waals surface area contributed by atoms with Crippen LogP contribution in [0.15, 0.2) is 33.6 Å². The third kappa shape index (κ3) is 5.70. The topological polar surface area (TPSA) is 163 Å². The number of rotatable bonds is 9. The second kappa shape index (κ2) is 11.6. The van der Waals surface area contributed by atoms with Crippen LogP contribution in [0.25, 0.3) is 0 Å². The van der Waals surface area contributed by atoms with Gasteiger partial charge in [0.15, 0.2) is 10.8 Å². The second-order valence-electron chi connectivity index (χ2n) is 8.22. The first-order valence-corrected chi connectivity index (χ1v) is 12.8. The number of nitrogens with two attached hydrogens (primary N) is 1. The number of nitrogen functional groups attached to an aromatic ring is 1. The number of ether oxygens (including phenoxy) is 2. The highest BCUT2D eigenvalue weighted by atomic mass is 32.2. The van der Waals surface area contributed by atoms with E-state index in [1.54, 1.807) is 12.3 Å². The molecule has 12 nitrogen and oxygen atoms in total. The zero-order chi connectivity index (χ0) is 26.6. The first kappa shape index (κ1) is 27.2. The van der Waals surface area contributed by atoms with Gasteiger partial charge in [0.25, 0.3) is 11.8 Å². The fourth-order valence-electron chi connectivity index (χ4n) is 3.34. The van der Waals surface area contributed by atoms with Crippen molar-refractivity contribution >= 4 is 57.7 Å². The summed E-state index contributed by atoms with van der Waals surface area (Å²) in [6, 6.07) is -0.923. The highest BCUT2D eigenvalue weighted by molar-refractivity contribution is 8.00. The van der Waals surface area contributed by atoms with Gasteiger partial charge in [-0.1, -0.05) is 19.0 Å². The molecule has 2 aliphatic heterocycles. The standard InChI is InChI=1S/C22H27N5O7S2/c1-6-13(20(30)33-7-10(2)3)34-21(31)16-11(4)8-35-19-15(18(29)27(16)19)25-17(28)14(26-32-5)12-9-36-22(23)24-12/h6,9-10,15,19H,7-8H2,1-5H3,(H2,23,24)(H,25,28)/b13-6-,26-14-/t15-,19-/m1/s1. The predicted octanol–water partition coefficient (Wildman–Crippen LogP) is 1.40. The number of oxime groups is 1. The van der Waals surface area contributed by atoms with Crippen LogP contribution >= 0.6 is 23.1 Å². The molecule has 1 aromatic rings. The number of hydrogen-bond acceptors (Lipinski definition) is 12. The van der Waals surface area contributed by atoms with Crippen molar-refractivity contribution in [3.63, 3.8) is 0 Å². The maximum Gasteiger partial charge on any atom is 0.374 e. The number of carbonyl (C=O) groups excluding carboxylic acids is 4. The Hall–Kier alpha value is -3.39. The molecule has 0 aromatic carbocycles. The summed E-state index contributed by atoms with van der Waals surface area (Å²) in [7, 11) is 1.28. The number of fused-ring (bicyclic) bond motifs is 1. The van der Waals surface area contributed by atoms with Crippen LogP contribution in [-0.4, -0.2) is 70.2 Å². The number of anilines is 1. The number of carbonyl (C=O) groups is 4. The number of thiazole rings is 1. The van der Waals surface area contributed by atoms with Crippen LogP contribution in [0, 0.1) is 5.92 Å². The molecule has 3 heterocycles. The average molecular weight is 538 g/mol. The van der Waals surface area contributed by atoms with E-state index in [1.807, 2.05) is 13.8 Å². The van der Waals surface area contributed by atoms with Gasteiger partial charge in [-0.3, -0.25) is 14.5 Å². The molecule has 0 bridgehead atoms. The van der Waals surface area contributed by atoms with Crippen molar-refractivity contribution in [2.45, 2.75) is 39.1 Å². The Morgan fingerprint density at radius 3 is 2.69 bits per heavy atom. The highest BCUT2D eigenvalue weighted by Gasteiger charge is 2.54. The molecule has 0 saturated carbocycles. The van der Waals surface area contributed by atoms with Crippen LogP contribution in [0.2, 0.25) is 0 Å². The number of aromatic nitrogens is 1. The van der Waals surface area contributed by atoms with E-state index < -0.39 is 35.2 Å². The Labute approximate surface area is 215 Å². The fourth-order valence-corrected chi connectivity index (χ4v) is 5.18. The number of β-lactam (4-membered cyclic amide) rings is 1. The van der Waals surface area contributed by atoms with Crippen molar-refractivity contribution in [2.24, 2.45) is 11.1 Å². The molecule has 2 amide bonds. The molecular weight excluding hydrogens is 510 g/mol. The van der Waals surface area contributed by atoms with Crippen molar-refractivity contribution in [3.8, 4) is 0 Å². The molecule has 14 heteroatoms. The van der Waals surface area contributed by atoms with Gasteiger partial charge >= 0.3 is 11.9 Å². The van der Waals surface area contributed by atoms with E-state index in [2.05, 4.69) is 15.5 Å². The van der Waals surface area contributed by atoms with E-state index >= 15 is 0 Å². The van der Waals surface area contributed by atoms with Crippen molar-refractivity contribution < 1.29 is 33.5 Å². The normalized spacial score (nSPS) is 20.1. The van der Waals surface area contributed by atoms with Gasteiger partial charge in [0.1, 0.15) is 29.9 Å². The summed E-state index contributed by atoms with van der Waals surface area (Å²) in [6.07, 6.45) is 1.33. The van der Waals surface area contributed by atoms with E-state index in [9.17, 15) is 19.2 Å². The number of nitrogens with zero attached hydrogens (tertiary/aromatic N) is 3. The van der Waals surface area contributed by atoms with Crippen molar-refractivity contribution in [2.75, 3.05) is 25.2 Å². The smallest absolute Gasteiger partial charge is 0.374 e. The van der Waals surface area contributed by atoms with Crippen molar-refractivity contribution in [1.82, 2.24) is 15.2 Å². The Kier molecular flexibility index (Phi) is 8.74. The van der Waals surface area contributed by atoms with Crippen LogP contribution in [0.3, 0.4) is 0 Å². The number of allylic oxidation sites excluding steroid dienone is 1. The summed E-state index contributed by atoms with van der Waals surface area (Å²) < 4.78 is 10.4. The molecule has 36 heavy (non-hydrogen) atoms. The van der Waals surface area contributed by atoms with Gasteiger partial charge in [-0.15, -0.1) is 23.1 Å². The Morgan fingerprint density at radius 1 is 1.39 bits per heavy atom. The molecule has 194 valence electrons. The molecule has 0 unspecified atom stereocenters. The molecule has 3 N–H and O–H groups in total. The van der Waals surface area contributed by atoms with E-state index in [0.717, 1.165) is 11.3 Å². The van der Waals surface area contributed by atoms with E-state index in [1.165, 1.54) is 36.8 Å². The van der Waals surface area contributed by atoms with E-state index in [4.69, 9.17) is 20.0 Å². The van der Waals surface area contributed by atoms with E-state index in [-0.39, 0.29) is 40.5 Å². The minimum atomic E-state index is -0.923. The third-order valence-electron chi connectivity index (χ3n) is 5.01. The summed E-state index contributed by atoms with van der Waals surface area (Å²) in [5.41, 5.74) is 6.35. The van der Waals surface area contributed by atoms with Crippen LogP contribution in [0.5, 0.6) is 0 Å². The van der Waals surface area contributed by atoms with Crippen molar-refractivity contribution in [1.29, 1.82) is 0 Å². The number of thioether (sulfide) groups is 1. The lowest BCUT2D eigenvalue weighted by Gasteiger charge is -2.49. The van der Waals surface area contributed by atoms with Gasteiger partial charge in [0, 0.05) is 11.1 Å². The van der Waals surface area contributed by atoms with Crippen LogP contribution in [0.1, 0.15) is 33.4 Å². The summed E-state index contributed by atoms with van der Waals surface area (Å²) >= 11 is 2.50. The fraction of sp³-hybridized carbons (Fsp3) is 0.455. The number of amides is 2. The minimum absolute atomic E-state index is 0.0308. The zero-order valence-corrected chi connectivity index (χ0v) is 22.0. The first-order chi connectivity index (χ1) is 17.1. The Bertz CT molecular complexity index is 1160. The molecule has 0 radical (unpaired) electrons. The van der Waals surface area contributed by atoms with E-state index in [0.29, 0.717) is 11.3 Å². The molecule has 1 fully saturated rings. The molecule has 1 aromatic heterocycles. The van der Waals surface area contributed by atoms with Gasteiger partial charge in [-0.2, -0.15) is 0 Å². The predicted molar refractivity (Wildman–Crippen MR) is 133 cm³/mol. The molecule has 0 aliphatic carbocycles. The Morgan fingerprint density at radius 2 is 2.11 bits per heavy atom. The minimum Gasteiger partial charge on any atom is -0.460 e. The lowest BCUT2D eigenvalue weighted by molar-refractivity contribution is -0.154. The average Bonchev–Trinajstić information content (AvgIpc) is 3.27. The van der Waals surface area contributed by atoms with Crippen LogP contribution < -0.4 is 11.1 Å². The van der Waals surface area contributed by atoms with Crippen molar-refractivity contribution in [3.05, 3.63) is 34.2 Å². The maximum absolute atomic E-state index is 13.0. The maximum atomic E-state index is 13.0. The molecule has 3 rings (SSSR count). The summed E-state index contributed by atoms with van der Waals surface area (Å²) in [4.78, 5) is 61.2. The summed E-state index contributed by atoms with van der Waals surface area (Å²) in [6.45, 7) is 7.16. The molecule has 2 atom stereocenters. The number of hydrogen-bond donors (Lipinski definition) is 2. The molecule has 1 saturated heterocycles. The summed E-state index contributed by atoms with van der Waals surface area (Å²) in [5.74, 6) is -2.56. The van der Waals surface area contributed by atoms with Gasteiger partial charge in [-0.25, -0.2) is 14.6 Å². The second-order valence-corrected chi connectivity index (χ2v) is 10.2. The van der Waals surface area contributed by atoms with Gasteiger partial charge in [0.2, 0.25) is 5.76 Å². The van der Waals surface area contributed by atoms with Gasteiger partial charge in [-0.05, 0) is 31.4 Å². The quantitative estimate of drug-likeness (QED) is 0.118. The zero-order valence-electron chi connectivity index (χ0n) is 20.4. The largest absolute Gasteiger partial charge is 0.460 e. The number of nitrogens with one attached hydrogen (secondary N) is 1. The molecule has 2 aliphatic rings. The lowest BCUT2D eigenvalue weighted by atomic mass is 10.0. The first-order valence-electron chi connectivity index (χ1n) is 10.9. The SMILES string of the molecule is C/C=C(\OC(=O)C1=C(C)CS[C@@H]2[C@H](NC(=O)/C(=N\OC)c3csc(N)n3)C(=O)N12)C(=O)OCC(C)C. The van der Waals surface area contributed by atoms with Crippen LogP contribution in [-0.2, 0) is 33.5 Å². The Balaban J connectivity index is 1.72. The lowest BCUT2D eigenvalue weighted by Crippen LogP contribution is -2.71. The highest BCUT2D eigenvalue weighted by Crippen LogP contribution is 2.40. The third-order valence-corrected chi connectivity index (χ3v) is 7.11. The van der Waals surface area contributed by atoms with Crippen LogP contribution in [0.4, 0.5) is 5.13 Å². The number of esters is 2. The molecular formula is C22H27N5O7S2.